The first-order valence-corrected chi connectivity index (χ1v) is 8.32. The summed E-state index contributed by atoms with van der Waals surface area (Å²) < 4.78 is 6.86. The van der Waals surface area contributed by atoms with E-state index in [1.807, 2.05) is 30.8 Å². The van der Waals surface area contributed by atoms with Gasteiger partial charge in [0.15, 0.2) is 0 Å². The fourth-order valence-electron chi connectivity index (χ4n) is 1.64. The van der Waals surface area contributed by atoms with Gasteiger partial charge in [-0.3, -0.25) is 0 Å². The smallest absolute Gasteiger partial charge is 0.119 e. The van der Waals surface area contributed by atoms with Crippen molar-refractivity contribution in [2.24, 2.45) is 5.73 Å². The molecular formula is C14H22BrNOS. The van der Waals surface area contributed by atoms with Crippen molar-refractivity contribution < 1.29 is 4.74 Å². The number of hydrogen-bond acceptors (Lipinski definition) is 3. The first-order valence-electron chi connectivity index (χ1n) is 6.38. The van der Waals surface area contributed by atoms with E-state index in [4.69, 9.17) is 10.5 Å². The first-order chi connectivity index (χ1) is 8.63. The molecule has 1 unspecified atom stereocenters. The average Bonchev–Trinajstić information content (AvgIpc) is 2.32. The molecule has 0 radical (unpaired) electrons. The number of nitrogens with two attached hydrogens (primary N) is 1. The second-order valence-corrected chi connectivity index (χ2v) is 6.58. The van der Waals surface area contributed by atoms with Gasteiger partial charge in [0, 0.05) is 10.5 Å². The molecule has 2 N–H and O–H groups in total. The van der Waals surface area contributed by atoms with Gasteiger partial charge in [-0.1, -0.05) is 22.9 Å². The van der Waals surface area contributed by atoms with E-state index in [0.29, 0.717) is 0 Å². The van der Waals surface area contributed by atoms with E-state index in [-0.39, 0.29) is 6.04 Å². The van der Waals surface area contributed by atoms with E-state index < -0.39 is 0 Å². The summed E-state index contributed by atoms with van der Waals surface area (Å²) in [5, 5.41) is 0. The summed E-state index contributed by atoms with van der Waals surface area (Å²) >= 11 is 5.50. The Bertz CT molecular complexity index is 358. The summed E-state index contributed by atoms with van der Waals surface area (Å²) in [5.74, 6) is 3.28. The van der Waals surface area contributed by atoms with Crippen molar-refractivity contribution in [3.63, 3.8) is 0 Å². The molecule has 1 aromatic carbocycles. The summed E-state index contributed by atoms with van der Waals surface area (Å²) in [5.41, 5.74) is 7.05. The largest absolute Gasteiger partial charge is 0.494 e. The zero-order chi connectivity index (χ0) is 13.4. The second-order valence-electron chi connectivity index (χ2n) is 4.33. The molecule has 102 valence electrons. The maximum atomic E-state index is 5.83. The van der Waals surface area contributed by atoms with Crippen molar-refractivity contribution in [2.45, 2.75) is 32.7 Å². The molecule has 0 fully saturated rings. The van der Waals surface area contributed by atoms with Crippen LogP contribution in [0.5, 0.6) is 5.75 Å². The highest BCUT2D eigenvalue weighted by Gasteiger charge is 2.05. The van der Waals surface area contributed by atoms with E-state index in [1.165, 1.54) is 17.1 Å². The molecule has 0 aliphatic heterocycles. The SMILES string of the molecule is CCSCCCOc1ccc(Br)c(CC(C)N)c1. The summed E-state index contributed by atoms with van der Waals surface area (Å²) in [6.07, 6.45) is 1.96. The van der Waals surface area contributed by atoms with Crippen molar-refractivity contribution in [3.8, 4) is 5.75 Å². The molecule has 0 saturated heterocycles. The Morgan fingerprint density at radius 2 is 2.22 bits per heavy atom. The minimum atomic E-state index is 0.164. The molecule has 4 heteroatoms. The molecule has 1 aromatic rings. The van der Waals surface area contributed by atoms with Gasteiger partial charge < -0.3 is 10.5 Å². The van der Waals surface area contributed by atoms with Crippen LogP contribution in [0.3, 0.4) is 0 Å². The van der Waals surface area contributed by atoms with Crippen LogP contribution in [0.2, 0.25) is 0 Å². The van der Waals surface area contributed by atoms with Gasteiger partial charge in [-0.05, 0) is 55.0 Å². The molecule has 0 aliphatic carbocycles. The zero-order valence-corrected chi connectivity index (χ0v) is 13.5. The molecule has 0 bridgehead atoms. The van der Waals surface area contributed by atoms with E-state index in [0.717, 1.165) is 29.7 Å². The standard InChI is InChI=1S/C14H22BrNOS/c1-3-18-8-4-7-17-13-5-6-14(15)12(10-13)9-11(2)16/h5-6,10-11H,3-4,7-9,16H2,1-2H3. The highest BCUT2D eigenvalue weighted by atomic mass is 79.9. The molecule has 1 rings (SSSR count). The third-order valence-corrected chi connectivity index (χ3v) is 4.22. The van der Waals surface area contributed by atoms with Crippen molar-refractivity contribution in [3.05, 3.63) is 28.2 Å². The molecule has 0 aromatic heterocycles. The third kappa shape index (κ3) is 6.12. The summed E-state index contributed by atoms with van der Waals surface area (Å²) in [6.45, 7) is 4.98. The van der Waals surface area contributed by atoms with E-state index in [1.54, 1.807) is 0 Å². The Labute approximate surface area is 123 Å². The minimum absolute atomic E-state index is 0.164. The van der Waals surface area contributed by atoms with Gasteiger partial charge in [-0.25, -0.2) is 0 Å². The van der Waals surface area contributed by atoms with Gasteiger partial charge in [0.05, 0.1) is 6.61 Å². The number of thioether (sulfide) groups is 1. The van der Waals surface area contributed by atoms with Crippen LogP contribution in [0.1, 0.15) is 25.8 Å². The minimum Gasteiger partial charge on any atom is -0.494 e. The highest BCUT2D eigenvalue weighted by Crippen LogP contribution is 2.23. The average molecular weight is 332 g/mol. The lowest BCUT2D eigenvalue weighted by atomic mass is 10.1. The zero-order valence-electron chi connectivity index (χ0n) is 11.1. The van der Waals surface area contributed by atoms with Gasteiger partial charge >= 0.3 is 0 Å². The summed E-state index contributed by atoms with van der Waals surface area (Å²) in [4.78, 5) is 0. The molecule has 18 heavy (non-hydrogen) atoms. The number of benzene rings is 1. The van der Waals surface area contributed by atoms with Crippen LogP contribution in [0, 0.1) is 0 Å². The predicted molar refractivity (Wildman–Crippen MR) is 84.6 cm³/mol. The van der Waals surface area contributed by atoms with Gasteiger partial charge in [0.2, 0.25) is 0 Å². The van der Waals surface area contributed by atoms with Gasteiger partial charge in [0.1, 0.15) is 5.75 Å². The molecule has 0 saturated carbocycles. The lowest BCUT2D eigenvalue weighted by Crippen LogP contribution is -2.18. The molecule has 2 nitrogen and oxygen atoms in total. The van der Waals surface area contributed by atoms with Crippen LogP contribution >= 0.6 is 27.7 Å². The van der Waals surface area contributed by atoms with Gasteiger partial charge in [0.25, 0.3) is 0 Å². The molecule has 0 aliphatic rings. The number of ether oxygens (including phenoxy) is 1. The number of hydrogen-bond donors (Lipinski definition) is 1. The lowest BCUT2D eigenvalue weighted by molar-refractivity contribution is 0.318. The van der Waals surface area contributed by atoms with Crippen molar-refractivity contribution in [1.82, 2.24) is 0 Å². The topological polar surface area (TPSA) is 35.2 Å². The third-order valence-electron chi connectivity index (χ3n) is 2.46. The summed E-state index contributed by atoms with van der Waals surface area (Å²) in [6, 6.07) is 6.29. The maximum absolute atomic E-state index is 5.83. The van der Waals surface area contributed by atoms with Crippen LogP contribution in [-0.2, 0) is 6.42 Å². The summed E-state index contributed by atoms with van der Waals surface area (Å²) in [7, 11) is 0. The highest BCUT2D eigenvalue weighted by molar-refractivity contribution is 9.10. The second kappa shape index (κ2) is 8.83. The molecule has 0 amide bonds. The van der Waals surface area contributed by atoms with Crippen LogP contribution in [0.4, 0.5) is 0 Å². The van der Waals surface area contributed by atoms with Crippen LogP contribution in [0.15, 0.2) is 22.7 Å². The van der Waals surface area contributed by atoms with Crippen LogP contribution in [-0.4, -0.2) is 24.2 Å². The fourth-order valence-corrected chi connectivity index (χ4v) is 2.66. The number of halogens is 1. The maximum Gasteiger partial charge on any atom is 0.119 e. The monoisotopic (exact) mass is 331 g/mol. The van der Waals surface area contributed by atoms with E-state index in [2.05, 4.69) is 28.9 Å². The predicted octanol–water partition coefficient (Wildman–Crippen LogP) is 3.86. The van der Waals surface area contributed by atoms with Crippen LogP contribution in [0.25, 0.3) is 0 Å². The van der Waals surface area contributed by atoms with Gasteiger partial charge in [-0.15, -0.1) is 0 Å². The Kier molecular flexibility index (Phi) is 7.79. The molecule has 1 atom stereocenters. The van der Waals surface area contributed by atoms with Crippen molar-refractivity contribution in [1.29, 1.82) is 0 Å². The van der Waals surface area contributed by atoms with Crippen molar-refractivity contribution in [2.75, 3.05) is 18.1 Å². The van der Waals surface area contributed by atoms with E-state index >= 15 is 0 Å². The Morgan fingerprint density at radius 3 is 2.89 bits per heavy atom. The normalized spacial score (nSPS) is 12.4. The lowest BCUT2D eigenvalue weighted by Gasteiger charge is -2.11. The van der Waals surface area contributed by atoms with E-state index in [9.17, 15) is 0 Å². The number of rotatable bonds is 8. The van der Waals surface area contributed by atoms with Gasteiger partial charge in [-0.2, -0.15) is 11.8 Å². The quantitative estimate of drug-likeness (QED) is 0.734. The molecular weight excluding hydrogens is 310 g/mol. The Balaban J connectivity index is 2.46. The Morgan fingerprint density at radius 1 is 1.44 bits per heavy atom. The molecule has 0 spiro atoms. The van der Waals surface area contributed by atoms with Crippen LogP contribution < -0.4 is 10.5 Å². The fraction of sp³-hybridized carbons (Fsp3) is 0.571. The molecule has 0 heterocycles. The van der Waals surface area contributed by atoms with Crippen molar-refractivity contribution >= 4 is 27.7 Å². The Hall–Kier alpha value is -0.190. The first kappa shape index (κ1) is 15.9.